The molecular formula is C43H59N5O7. The number of hydrogen-bond donors (Lipinski definition) is 5. The van der Waals surface area contributed by atoms with E-state index in [1.807, 2.05) is 112 Å². The summed E-state index contributed by atoms with van der Waals surface area (Å²) in [4.78, 5) is 56.0. The number of rotatable bonds is 18. The van der Waals surface area contributed by atoms with E-state index >= 15 is 0 Å². The van der Waals surface area contributed by atoms with Gasteiger partial charge in [-0.3, -0.25) is 9.59 Å². The SMILES string of the molecule is CC(C)[C@H](NC(=O)OCc1ccccc1)C(=O)NC(Cc1ccccc1)C(O)C(Cc1ccccc1)NC(=O)[C@@H](NC(=O)OCC1CCCN(C)C1)C(C)C. The fourth-order valence-corrected chi connectivity index (χ4v) is 6.81. The van der Waals surface area contributed by atoms with Gasteiger partial charge >= 0.3 is 12.2 Å². The molecule has 1 aliphatic heterocycles. The van der Waals surface area contributed by atoms with Gasteiger partial charge in [-0.15, -0.1) is 0 Å². The Labute approximate surface area is 325 Å². The van der Waals surface area contributed by atoms with Crippen LogP contribution in [-0.2, 0) is 38.5 Å². The molecular weight excluding hydrogens is 699 g/mol. The Morgan fingerprint density at radius 1 is 0.673 bits per heavy atom. The first-order chi connectivity index (χ1) is 26.4. The molecule has 0 bridgehead atoms. The highest BCUT2D eigenvalue weighted by molar-refractivity contribution is 5.87. The zero-order valence-electron chi connectivity index (χ0n) is 32.8. The van der Waals surface area contributed by atoms with Gasteiger partial charge in [-0.25, -0.2) is 9.59 Å². The highest BCUT2D eigenvalue weighted by Gasteiger charge is 2.36. The summed E-state index contributed by atoms with van der Waals surface area (Å²) in [5, 5.41) is 23.7. The van der Waals surface area contributed by atoms with Crippen molar-refractivity contribution >= 4 is 24.0 Å². The van der Waals surface area contributed by atoms with Gasteiger partial charge in [-0.1, -0.05) is 119 Å². The number of hydrogen-bond acceptors (Lipinski definition) is 8. The maximum atomic E-state index is 14.0. The van der Waals surface area contributed by atoms with Crippen LogP contribution in [-0.4, -0.2) is 91.0 Å². The largest absolute Gasteiger partial charge is 0.449 e. The smallest absolute Gasteiger partial charge is 0.408 e. The second-order valence-electron chi connectivity index (χ2n) is 15.3. The van der Waals surface area contributed by atoms with Crippen molar-refractivity contribution in [2.45, 2.75) is 90.3 Å². The number of amides is 4. The van der Waals surface area contributed by atoms with Crippen molar-refractivity contribution < 1.29 is 33.8 Å². The molecule has 12 heteroatoms. The molecule has 1 saturated heterocycles. The predicted octanol–water partition coefficient (Wildman–Crippen LogP) is 4.85. The van der Waals surface area contributed by atoms with Gasteiger partial charge in [0.15, 0.2) is 0 Å². The highest BCUT2D eigenvalue weighted by atomic mass is 16.6. The number of nitrogens with zero attached hydrogens (tertiary/aromatic N) is 1. The van der Waals surface area contributed by atoms with Gasteiger partial charge in [0, 0.05) is 12.5 Å². The van der Waals surface area contributed by atoms with Crippen molar-refractivity contribution in [1.82, 2.24) is 26.2 Å². The van der Waals surface area contributed by atoms with Gasteiger partial charge in [0.2, 0.25) is 11.8 Å². The monoisotopic (exact) mass is 757 g/mol. The Hall–Kier alpha value is -4.94. The number of likely N-dealkylation sites (tertiary alicyclic amines) is 1. The van der Waals surface area contributed by atoms with Gasteiger partial charge in [-0.05, 0) is 67.8 Å². The van der Waals surface area contributed by atoms with Gasteiger partial charge < -0.3 is 40.7 Å². The fourth-order valence-electron chi connectivity index (χ4n) is 6.81. The highest BCUT2D eigenvalue weighted by Crippen LogP contribution is 2.17. The molecule has 5 N–H and O–H groups in total. The summed E-state index contributed by atoms with van der Waals surface area (Å²) in [5.41, 5.74) is 2.51. The number of carbonyl (C=O) groups is 4. The van der Waals surface area contributed by atoms with Crippen LogP contribution >= 0.6 is 0 Å². The molecule has 6 atom stereocenters. The third kappa shape index (κ3) is 14.3. The maximum Gasteiger partial charge on any atom is 0.408 e. The molecule has 1 aliphatic rings. The van der Waals surface area contributed by atoms with Crippen molar-refractivity contribution in [3.05, 3.63) is 108 Å². The summed E-state index contributed by atoms with van der Waals surface area (Å²) in [6, 6.07) is 24.3. The quantitative estimate of drug-likeness (QED) is 0.123. The van der Waals surface area contributed by atoms with Crippen molar-refractivity contribution in [2.24, 2.45) is 17.8 Å². The molecule has 0 aliphatic carbocycles. The molecule has 0 spiro atoms. The average Bonchev–Trinajstić information content (AvgIpc) is 3.17. The first-order valence-electron chi connectivity index (χ1n) is 19.3. The van der Waals surface area contributed by atoms with Crippen LogP contribution < -0.4 is 21.3 Å². The van der Waals surface area contributed by atoms with Gasteiger partial charge in [-0.2, -0.15) is 0 Å². The normalized spacial score (nSPS) is 17.3. The molecule has 0 saturated carbocycles. The standard InChI is InChI=1S/C43H59N5O7/c1-29(2)37(46-42(52)54-27-33-20-13-8-14-21-33)40(50)44-35(24-31-16-9-6-10-17-31)39(49)36(25-32-18-11-7-12-19-32)45-41(51)38(30(3)4)47-43(53)55-28-34-22-15-23-48(5)26-34/h6-14,16-21,29-30,34-39,49H,15,22-28H2,1-5H3,(H,44,50)(H,45,51)(H,46,52)(H,47,53)/t34?,35?,36?,37-,38-,39?/m0/s1. The van der Waals surface area contributed by atoms with Crippen LogP contribution in [0, 0.1) is 17.8 Å². The van der Waals surface area contributed by atoms with E-state index in [2.05, 4.69) is 26.2 Å². The molecule has 1 fully saturated rings. The average molecular weight is 758 g/mol. The maximum absolute atomic E-state index is 14.0. The summed E-state index contributed by atoms with van der Waals surface area (Å²) in [6.07, 6.45) is -0.249. The molecule has 55 heavy (non-hydrogen) atoms. The number of piperidine rings is 1. The Bertz CT molecular complexity index is 1630. The zero-order valence-corrected chi connectivity index (χ0v) is 32.8. The van der Waals surface area contributed by atoms with E-state index < -0.39 is 54.3 Å². The minimum Gasteiger partial charge on any atom is -0.449 e. The number of aliphatic hydroxyl groups is 1. The molecule has 4 unspecified atom stereocenters. The summed E-state index contributed by atoms with van der Waals surface area (Å²) in [5.74, 6) is -1.40. The van der Waals surface area contributed by atoms with E-state index in [1.165, 1.54) is 0 Å². The van der Waals surface area contributed by atoms with Crippen molar-refractivity contribution in [3.8, 4) is 0 Å². The molecule has 3 aromatic carbocycles. The number of aliphatic hydroxyl groups excluding tert-OH is 1. The van der Waals surface area contributed by atoms with Crippen molar-refractivity contribution in [2.75, 3.05) is 26.7 Å². The van der Waals surface area contributed by atoms with Gasteiger partial charge in [0.25, 0.3) is 0 Å². The Morgan fingerprint density at radius 2 is 1.11 bits per heavy atom. The van der Waals surface area contributed by atoms with Gasteiger partial charge in [0.05, 0.1) is 24.8 Å². The van der Waals surface area contributed by atoms with Crippen LogP contribution in [0.2, 0.25) is 0 Å². The predicted molar refractivity (Wildman–Crippen MR) is 212 cm³/mol. The Balaban J connectivity index is 1.52. The molecule has 4 amide bonds. The first-order valence-corrected chi connectivity index (χ1v) is 19.3. The summed E-state index contributed by atoms with van der Waals surface area (Å²) in [6.45, 7) is 9.42. The minimum absolute atomic E-state index is 0.0391. The van der Waals surface area contributed by atoms with E-state index in [0.29, 0.717) is 0 Å². The fraction of sp³-hybridized carbons (Fsp3) is 0.488. The van der Waals surface area contributed by atoms with Crippen molar-refractivity contribution in [3.63, 3.8) is 0 Å². The lowest BCUT2D eigenvalue weighted by atomic mass is 9.91. The first kappa shape index (κ1) is 42.8. The topological polar surface area (TPSA) is 158 Å². The molecule has 0 aromatic heterocycles. The summed E-state index contributed by atoms with van der Waals surface area (Å²) in [7, 11) is 2.05. The third-order valence-electron chi connectivity index (χ3n) is 9.91. The van der Waals surface area contributed by atoms with Gasteiger partial charge in [0.1, 0.15) is 18.7 Å². The van der Waals surface area contributed by atoms with E-state index in [1.54, 1.807) is 13.8 Å². The summed E-state index contributed by atoms with van der Waals surface area (Å²) < 4.78 is 11.0. The number of carbonyl (C=O) groups excluding carboxylic acids is 4. The Morgan fingerprint density at radius 3 is 1.55 bits per heavy atom. The van der Waals surface area contributed by atoms with Crippen LogP contribution in [0.3, 0.4) is 0 Å². The van der Waals surface area contributed by atoms with Crippen LogP contribution in [0.5, 0.6) is 0 Å². The van der Waals surface area contributed by atoms with Crippen molar-refractivity contribution in [1.29, 1.82) is 0 Å². The lowest BCUT2D eigenvalue weighted by Crippen LogP contribution is -2.61. The van der Waals surface area contributed by atoms with Crippen LogP contribution in [0.4, 0.5) is 9.59 Å². The second kappa shape index (κ2) is 21.8. The molecule has 0 radical (unpaired) electrons. The number of benzene rings is 3. The number of alkyl carbamates (subject to hydrolysis) is 2. The lowest BCUT2D eigenvalue weighted by molar-refractivity contribution is -0.126. The number of nitrogens with one attached hydrogen (secondary N) is 4. The summed E-state index contributed by atoms with van der Waals surface area (Å²) >= 11 is 0. The second-order valence-corrected chi connectivity index (χ2v) is 15.3. The number of ether oxygens (including phenoxy) is 2. The van der Waals surface area contributed by atoms with Crippen LogP contribution in [0.25, 0.3) is 0 Å². The van der Waals surface area contributed by atoms with E-state index in [9.17, 15) is 24.3 Å². The zero-order chi connectivity index (χ0) is 39.7. The lowest BCUT2D eigenvalue weighted by Gasteiger charge is -2.34. The molecule has 1 heterocycles. The van der Waals surface area contributed by atoms with Crippen LogP contribution in [0.1, 0.15) is 57.2 Å². The van der Waals surface area contributed by atoms with E-state index in [4.69, 9.17) is 9.47 Å². The van der Waals surface area contributed by atoms with E-state index in [-0.39, 0.29) is 43.8 Å². The van der Waals surface area contributed by atoms with Crippen LogP contribution in [0.15, 0.2) is 91.0 Å². The molecule has 298 valence electrons. The minimum atomic E-state index is -1.30. The third-order valence-corrected chi connectivity index (χ3v) is 9.91. The molecule has 3 aromatic rings. The Kier molecular flexibility index (Phi) is 17.0. The molecule has 4 rings (SSSR count). The molecule has 12 nitrogen and oxygen atoms in total. The van der Waals surface area contributed by atoms with E-state index in [0.717, 1.165) is 42.6 Å².